The van der Waals surface area contributed by atoms with Crippen LogP contribution in [-0.2, 0) is 0 Å². The monoisotopic (exact) mass is 356 g/mol. The molecule has 1 saturated carbocycles. The molecular formula is C15H21Cl2F3N2. The van der Waals surface area contributed by atoms with Gasteiger partial charge < -0.3 is 5.32 Å². The minimum absolute atomic E-state index is 0. The molecule has 0 radical (unpaired) electrons. The fourth-order valence-electron chi connectivity index (χ4n) is 3.24. The summed E-state index contributed by atoms with van der Waals surface area (Å²) in [5, 5.41) is 3.28. The lowest BCUT2D eigenvalue weighted by Crippen LogP contribution is -2.47. The molecule has 1 heterocycles. The van der Waals surface area contributed by atoms with Gasteiger partial charge in [-0.2, -0.15) is 0 Å². The summed E-state index contributed by atoms with van der Waals surface area (Å²) in [7, 11) is 0. The summed E-state index contributed by atoms with van der Waals surface area (Å²) in [6.45, 7) is 3.49. The van der Waals surface area contributed by atoms with E-state index in [0.29, 0.717) is 11.5 Å². The summed E-state index contributed by atoms with van der Waals surface area (Å²) in [5.74, 6) is -3.11. The van der Waals surface area contributed by atoms with Gasteiger partial charge in [-0.15, -0.1) is 24.8 Å². The quantitative estimate of drug-likeness (QED) is 0.830. The van der Waals surface area contributed by atoms with Gasteiger partial charge in [0.15, 0.2) is 17.5 Å². The Morgan fingerprint density at radius 1 is 1.00 bits per heavy atom. The van der Waals surface area contributed by atoms with Crippen LogP contribution in [0.2, 0.25) is 0 Å². The summed E-state index contributed by atoms with van der Waals surface area (Å²) in [6, 6.07) is 2.35. The molecule has 2 fully saturated rings. The average Bonchev–Trinajstić information content (AvgIpc) is 2.40. The maximum absolute atomic E-state index is 13.5. The lowest BCUT2D eigenvalue weighted by atomic mass is 9.76. The Bertz CT molecular complexity index is 469. The Morgan fingerprint density at radius 3 is 2.00 bits per heavy atom. The molecule has 1 saturated heterocycles. The average molecular weight is 357 g/mol. The van der Waals surface area contributed by atoms with Crippen molar-refractivity contribution in [3.8, 4) is 0 Å². The van der Waals surface area contributed by atoms with Crippen molar-refractivity contribution in [2.75, 3.05) is 26.2 Å². The predicted molar refractivity (Wildman–Crippen MR) is 85.3 cm³/mol. The molecule has 1 aromatic rings. The van der Waals surface area contributed by atoms with Crippen molar-refractivity contribution >= 4 is 24.8 Å². The maximum Gasteiger partial charge on any atom is 0.194 e. The summed E-state index contributed by atoms with van der Waals surface area (Å²) in [6.07, 6.45) is 3.32. The first-order chi connectivity index (χ1) is 9.66. The fraction of sp³-hybridized carbons (Fsp3) is 0.600. The van der Waals surface area contributed by atoms with E-state index < -0.39 is 17.5 Å². The van der Waals surface area contributed by atoms with Crippen LogP contribution in [0.5, 0.6) is 0 Å². The van der Waals surface area contributed by atoms with Gasteiger partial charge in [0.05, 0.1) is 0 Å². The molecule has 1 atom stereocenters. The van der Waals surface area contributed by atoms with E-state index in [4.69, 9.17) is 0 Å². The van der Waals surface area contributed by atoms with Gasteiger partial charge in [-0.3, -0.25) is 4.90 Å². The van der Waals surface area contributed by atoms with Crippen molar-refractivity contribution in [3.63, 3.8) is 0 Å². The minimum atomic E-state index is -1.37. The molecule has 0 spiro atoms. The van der Waals surface area contributed by atoms with Gasteiger partial charge in [0, 0.05) is 32.2 Å². The first-order valence-electron chi connectivity index (χ1n) is 7.26. The Balaban J connectivity index is 0.00000121. The maximum atomic E-state index is 13.5. The lowest BCUT2D eigenvalue weighted by Gasteiger charge is -2.43. The molecule has 2 aliphatic rings. The molecule has 7 heteroatoms. The number of benzene rings is 1. The standard InChI is InChI=1S/C15H19F3N2.2ClH/c16-12-8-11(9-13(17)14(12)18)15(10-2-1-3-10)20-6-4-19-5-7-20;;/h8-10,15,19H,1-7H2;2*1H/t15-;;/m0../s1. The summed E-state index contributed by atoms with van der Waals surface area (Å²) >= 11 is 0. The molecule has 22 heavy (non-hydrogen) atoms. The number of halogens is 5. The van der Waals surface area contributed by atoms with Crippen molar-refractivity contribution < 1.29 is 13.2 Å². The Labute approximate surface area is 141 Å². The molecule has 0 aromatic heterocycles. The molecule has 0 bridgehead atoms. The highest BCUT2D eigenvalue weighted by Crippen LogP contribution is 2.42. The molecule has 126 valence electrons. The smallest absolute Gasteiger partial charge is 0.194 e. The SMILES string of the molecule is Cl.Cl.Fc1cc([C@H](C2CCC2)N2CCNCC2)cc(F)c1F. The van der Waals surface area contributed by atoms with Crippen molar-refractivity contribution in [2.24, 2.45) is 5.92 Å². The molecule has 1 aliphatic carbocycles. The Hall–Kier alpha value is -0.490. The Morgan fingerprint density at radius 2 is 1.55 bits per heavy atom. The van der Waals surface area contributed by atoms with Gasteiger partial charge in [0.2, 0.25) is 0 Å². The van der Waals surface area contributed by atoms with Gasteiger partial charge in [-0.25, -0.2) is 13.2 Å². The highest BCUT2D eigenvalue weighted by molar-refractivity contribution is 5.85. The highest BCUT2D eigenvalue weighted by Gasteiger charge is 2.34. The van der Waals surface area contributed by atoms with Crippen LogP contribution in [0.25, 0.3) is 0 Å². The molecule has 1 N–H and O–H groups in total. The number of hydrogen-bond donors (Lipinski definition) is 1. The zero-order valence-electron chi connectivity index (χ0n) is 12.2. The van der Waals surface area contributed by atoms with E-state index in [9.17, 15) is 13.2 Å². The van der Waals surface area contributed by atoms with Gasteiger partial charge in [0.1, 0.15) is 0 Å². The van der Waals surface area contributed by atoms with Gasteiger partial charge in [-0.1, -0.05) is 6.42 Å². The molecule has 1 aromatic carbocycles. The molecule has 1 aliphatic heterocycles. The van der Waals surface area contributed by atoms with Crippen LogP contribution < -0.4 is 5.32 Å². The van der Waals surface area contributed by atoms with Crippen LogP contribution in [0, 0.1) is 23.4 Å². The Kier molecular flexibility index (Phi) is 7.46. The summed E-state index contributed by atoms with van der Waals surface area (Å²) in [4.78, 5) is 2.27. The van der Waals surface area contributed by atoms with E-state index in [0.717, 1.165) is 39.0 Å². The molecular weight excluding hydrogens is 336 g/mol. The second-order valence-electron chi connectivity index (χ2n) is 5.72. The number of rotatable bonds is 3. The van der Waals surface area contributed by atoms with Crippen LogP contribution in [0.3, 0.4) is 0 Å². The third-order valence-electron chi connectivity index (χ3n) is 4.49. The normalized spacial score (nSPS) is 20.5. The number of nitrogens with zero attached hydrogens (tertiary/aromatic N) is 1. The van der Waals surface area contributed by atoms with E-state index in [1.165, 1.54) is 18.6 Å². The van der Waals surface area contributed by atoms with Crippen LogP contribution >= 0.6 is 24.8 Å². The second kappa shape index (κ2) is 8.39. The van der Waals surface area contributed by atoms with Crippen LogP contribution in [0.15, 0.2) is 12.1 Å². The topological polar surface area (TPSA) is 15.3 Å². The van der Waals surface area contributed by atoms with E-state index in [-0.39, 0.29) is 30.9 Å². The van der Waals surface area contributed by atoms with Crippen LogP contribution in [0.1, 0.15) is 30.9 Å². The zero-order valence-corrected chi connectivity index (χ0v) is 13.8. The fourth-order valence-corrected chi connectivity index (χ4v) is 3.24. The van der Waals surface area contributed by atoms with E-state index in [2.05, 4.69) is 10.2 Å². The first-order valence-corrected chi connectivity index (χ1v) is 7.26. The third kappa shape index (κ3) is 3.88. The van der Waals surface area contributed by atoms with Crippen molar-refractivity contribution in [1.82, 2.24) is 10.2 Å². The minimum Gasteiger partial charge on any atom is -0.314 e. The number of hydrogen-bond acceptors (Lipinski definition) is 2. The molecule has 3 rings (SSSR count). The summed E-state index contributed by atoms with van der Waals surface area (Å²) < 4.78 is 40.2. The van der Waals surface area contributed by atoms with E-state index in [1.807, 2.05) is 0 Å². The first kappa shape index (κ1) is 19.6. The van der Waals surface area contributed by atoms with Crippen molar-refractivity contribution in [1.29, 1.82) is 0 Å². The number of nitrogens with one attached hydrogen (secondary N) is 1. The number of piperazine rings is 1. The largest absolute Gasteiger partial charge is 0.314 e. The van der Waals surface area contributed by atoms with Crippen LogP contribution in [-0.4, -0.2) is 31.1 Å². The molecule has 2 nitrogen and oxygen atoms in total. The highest BCUT2D eigenvalue weighted by atomic mass is 35.5. The van der Waals surface area contributed by atoms with Crippen molar-refractivity contribution in [3.05, 3.63) is 35.1 Å². The van der Waals surface area contributed by atoms with Gasteiger partial charge >= 0.3 is 0 Å². The van der Waals surface area contributed by atoms with Crippen molar-refractivity contribution in [2.45, 2.75) is 25.3 Å². The van der Waals surface area contributed by atoms with E-state index >= 15 is 0 Å². The zero-order chi connectivity index (χ0) is 14.1. The molecule has 0 unspecified atom stereocenters. The van der Waals surface area contributed by atoms with Crippen LogP contribution in [0.4, 0.5) is 13.2 Å². The summed E-state index contributed by atoms with van der Waals surface area (Å²) in [5.41, 5.74) is 0.577. The second-order valence-corrected chi connectivity index (χ2v) is 5.72. The van der Waals surface area contributed by atoms with Gasteiger partial charge in [-0.05, 0) is 36.5 Å². The third-order valence-corrected chi connectivity index (χ3v) is 4.49. The molecule has 0 amide bonds. The van der Waals surface area contributed by atoms with Gasteiger partial charge in [0.25, 0.3) is 0 Å². The predicted octanol–water partition coefficient (Wildman–Crippen LogP) is 3.69. The lowest BCUT2D eigenvalue weighted by molar-refractivity contribution is 0.0831. The van der Waals surface area contributed by atoms with E-state index in [1.54, 1.807) is 0 Å².